The average Bonchev–Trinajstić information content (AvgIpc) is 2.39. The molecule has 0 bridgehead atoms. The van der Waals surface area contributed by atoms with Crippen LogP contribution in [0.4, 0.5) is 5.69 Å². The molecule has 1 saturated heterocycles. The SMILES string of the molecule is CNc1cccnc1S(=O)(=O)N1CCN(C)CC1. The molecule has 18 heavy (non-hydrogen) atoms. The summed E-state index contributed by atoms with van der Waals surface area (Å²) in [7, 11) is 0.189. The highest BCUT2D eigenvalue weighted by Crippen LogP contribution is 2.22. The molecule has 2 rings (SSSR count). The zero-order chi connectivity index (χ0) is 13.2. The van der Waals surface area contributed by atoms with Crippen molar-refractivity contribution in [1.29, 1.82) is 0 Å². The van der Waals surface area contributed by atoms with Crippen molar-refractivity contribution in [1.82, 2.24) is 14.2 Å². The summed E-state index contributed by atoms with van der Waals surface area (Å²) < 4.78 is 26.5. The molecule has 2 heterocycles. The summed E-state index contributed by atoms with van der Waals surface area (Å²) in [4.78, 5) is 6.12. The van der Waals surface area contributed by atoms with Crippen LogP contribution < -0.4 is 5.32 Å². The molecule has 0 atom stereocenters. The van der Waals surface area contributed by atoms with Crippen molar-refractivity contribution in [3.8, 4) is 0 Å². The van der Waals surface area contributed by atoms with Crippen LogP contribution in [0, 0.1) is 0 Å². The Kier molecular flexibility index (Phi) is 3.84. The minimum atomic E-state index is -3.50. The molecule has 100 valence electrons. The van der Waals surface area contributed by atoms with E-state index in [2.05, 4.69) is 15.2 Å². The van der Waals surface area contributed by atoms with Crippen molar-refractivity contribution in [2.45, 2.75) is 5.03 Å². The molecule has 0 amide bonds. The van der Waals surface area contributed by atoms with E-state index in [0.717, 1.165) is 13.1 Å². The summed E-state index contributed by atoms with van der Waals surface area (Å²) in [6.07, 6.45) is 1.50. The molecule has 0 radical (unpaired) electrons. The molecule has 1 N–H and O–H groups in total. The fourth-order valence-corrected chi connectivity index (χ4v) is 3.47. The number of likely N-dealkylation sites (N-methyl/N-ethyl adjacent to an activating group) is 1. The first-order chi connectivity index (χ1) is 8.55. The molecule has 0 spiro atoms. The minimum Gasteiger partial charge on any atom is -0.386 e. The Morgan fingerprint density at radius 1 is 1.28 bits per heavy atom. The summed E-state index contributed by atoms with van der Waals surface area (Å²) in [6, 6.07) is 3.44. The monoisotopic (exact) mass is 270 g/mol. The molecular formula is C11H18N4O2S. The van der Waals surface area contributed by atoms with Crippen molar-refractivity contribution < 1.29 is 8.42 Å². The quantitative estimate of drug-likeness (QED) is 0.841. The second-order valence-corrected chi connectivity index (χ2v) is 6.17. The molecule has 1 fully saturated rings. The number of rotatable bonds is 3. The number of nitrogens with one attached hydrogen (secondary N) is 1. The van der Waals surface area contributed by atoms with Crippen LogP contribution in [0.3, 0.4) is 0 Å². The van der Waals surface area contributed by atoms with Crippen LogP contribution in [0.15, 0.2) is 23.4 Å². The van der Waals surface area contributed by atoms with E-state index in [4.69, 9.17) is 0 Å². The molecule has 1 aromatic heterocycles. The minimum absolute atomic E-state index is 0.108. The molecule has 0 unspecified atom stereocenters. The van der Waals surface area contributed by atoms with Gasteiger partial charge in [-0.2, -0.15) is 4.31 Å². The van der Waals surface area contributed by atoms with E-state index in [1.54, 1.807) is 19.2 Å². The van der Waals surface area contributed by atoms with E-state index in [9.17, 15) is 8.42 Å². The molecule has 7 heteroatoms. The standard InChI is InChI=1S/C11H18N4O2S/c1-12-10-4-3-5-13-11(10)18(16,17)15-8-6-14(2)7-9-15/h3-5,12H,6-9H2,1-2H3. The van der Waals surface area contributed by atoms with E-state index < -0.39 is 10.0 Å². The Labute approximate surface area is 108 Å². The Hall–Kier alpha value is -1.18. The molecule has 0 saturated carbocycles. The van der Waals surface area contributed by atoms with Gasteiger partial charge in [-0.15, -0.1) is 0 Å². The molecule has 6 nitrogen and oxygen atoms in total. The van der Waals surface area contributed by atoms with Gasteiger partial charge in [0.05, 0.1) is 5.69 Å². The smallest absolute Gasteiger partial charge is 0.262 e. The summed E-state index contributed by atoms with van der Waals surface area (Å²) in [5.41, 5.74) is 0.538. The highest BCUT2D eigenvalue weighted by atomic mass is 32.2. The predicted octanol–water partition coefficient (Wildman–Crippen LogP) is 0.0594. The predicted molar refractivity (Wildman–Crippen MR) is 70.0 cm³/mol. The summed E-state index contributed by atoms with van der Waals surface area (Å²) >= 11 is 0. The first-order valence-corrected chi connectivity index (χ1v) is 7.31. The Morgan fingerprint density at radius 2 is 1.94 bits per heavy atom. The van der Waals surface area contributed by atoms with Crippen LogP contribution >= 0.6 is 0 Å². The zero-order valence-electron chi connectivity index (χ0n) is 10.6. The van der Waals surface area contributed by atoms with Crippen LogP contribution in [0.5, 0.6) is 0 Å². The number of piperazine rings is 1. The van der Waals surface area contributed by atoms with Crippen molar-refractivity contribution in [3.05, 3.63) is 18.3 Å². The van der Waals surface area contributed by atoms with E-state index >= 15 is 0 Å². The molecule has 1 aromatic rings. The van der Waals surface area contributed by atoms with Crippen molar-refractivity contribution >= 4 is 15.7 Å². The molecule has 1 aliphatic rings. The normalized spacial score (nSPS) is 18.8. The first-order valence-electron chi connectivity index (χ1n) is 5.87. The highest BCUT2D eigenvalue weighted by molar-refractivity contribution is 7.89. The van der Waals surface area contributed by atoms with Gasteiger partial charge in [-0.25, -0.2) is 13.4 Å². The van der Waals surface area contributed by atoms with Gasteiger partial charge in [-0.3, -0.25) is 0 Å². The van der Waals surface area contributed by atoms with Crippen LogP contribution in [-0.4, -0.2) is 62.9 Å². The van der Waals surface area contributed by atoms with Crippen molar-refractivity contribution in [2.24, 2.45) is 0 Å². The summed E-state index contributed by atoms with van der Waals surface area (Å²) in [5, 5.41) is 2.98. The topological polar surface area (TPSA) is 65.5 Å². The van der Waals surface area contributed by atoms with Gasteiger partial charge in [-0.1, -0.05) is 0 Å². The maximum Gasteiger partial charge on any atom is 0.262 e. The fourth-order valence-electron chi connectivity index (χ4n) is 1.94. The van der Waals surface area contributed by atoms with Gasteiger partial charge in [0.15, 0.2) is 5.03 Å². The lowest BCUT2D eigenvalue weighted by atomic mass is 10.4. The van der Waals surface area contributed by atoms with Gasteiger partial charge >= 0.3 is 0 Å². The van der Waals surface area contributed by atoms with Gasteiger partial charge in [0.25, 0.3) is 10.0 Å². The largest absolute Gasteiger partial charge is 0.386 e. The second kappa shape index (κ2) is 5.21. The van der Waals surface area contributed by atoms with Crippen LogP contribution in [0.1, 0.15) is 0 Å². The fraction of sp³-hybridized carbons (Fsp3) is 0.545. The average molecular weight is 270 g/mol. The van der Waals surface area contributed by atoms with Gasteiger partial charge in [0.2, 0.25) is 0 Å². The van der Waals surface area contributed by atoms with Crippen LogP contribution in [-0.2, 0) is 10.0 Å². The third kappa shape index (κ3) is 2.47. The second-order valence-electron chi connectivity index (χ2n) is 4.31. The highest BCUT2D eigenvalue weighted by Gasteiger charge is 2.30. The summed E-state index contributed by atoms with van der Waals surface area (Å²) in [6.45, 7) is 2.53. The first kappa shape index (κ1) is 13.3. The van der Waals surface area contributed by atoms with Crippen LogP contribution in [0.25, 0.3) is 0 Å². The number of pyridine rings is 1. The van der Waals surface area contributed by atoms with Crippen molar-refractivity contribution in [3.63, 3.8) is 0 Å². The van der Waals surface area contributed by atoms with Crippen LogP contribution in [0.2, 0.25) is 0 Å². The zero-order valence-corrected chi connectivity index (χ0v) is 11.4. The van der Waals surface area contributed by atoms with Gasteiger partial charge in [-0.05, 0) is 19.2 Å². The third-order valence-electron chi connectivity index (χ3n) is 3.09. The Bertz CT molecular complexity index is 510. The van der Waals surface area contributed by atoms with Gasteiger partial charge in [0, 0.05) is 39.4 Å². The van der Waals surface area contributed by atoms with E-state index in [1.165, 1.54) is 10.5 Å². The summed E-state index contributed by atoms with van der Waals surface area (Å²) in [5.74, 6) is 0. The number of aromatic nitrogens is 1. The number of sulfonamides is 1. The van der Waals surface area contributed by atoms with Gasteiger partial charge in [0.1, 0.15) is 0 Å². The number of nitrogens with zero attached hydrogens (tertiary/aromatic N) is 3. The number of hydrogen-bond acceptors (Lipinski definition) is 5. The maximum atomic E-state index is 12.5. The molecule has 0 aliphatic carbocycles. The molecular weight excluding hydrogens is 252 g/mol. The Morgan fingerprint density at radius 3 is 2.56 bits per heavy atom. The third-order valence-corrected chi connectivity index (χ3v) is 4.95. The lowest BCUT2D eigenvalue weighted by Gasteiger charge is -2.31. The number of hydrogen-bond donors (Lipinski definition) is 1. The lowest BCUT2D eigenvalue weighted by molar-refractivity contribution is 0.222. The molecule has 0 aromatic carbocycles. The van der Waals surface area contributed by atoms with Gasteiger partial charge < -0.3 is 10.2 Å². The lowest BCUT2D eigenvalue weighted by Crippen LogP contribution is -2.47. The molecule has 1 aliphatic heterocycles. The van der Waals surface area contributed by atoms with E-state index in [1.807, 2.05) is 7.05 Å². The Balaban J connectivity index is 2.30. The maximum absolute atomic E-state index is 12.5. The van der Waals surface area contributed by atoms with E-state index in [-0.39, 0.29) is 5.03 Å². The van der Waals surface area contributed by atoms with Crippen molar-refractivity contribution in [2.75, 3.05) is 45.6 Å². The van der Waals surface area contributed by atoms with E-state index in [0.29, 0.717) is 18.8 Å². The number of anilines is 1.